The summed E-state index contributed by atoms with van der Waals surface area (Å²) in [6.45, 7) is 2.56. The summed E-state index contributed by atoms with van der Waals surface area (Å²) in [4.78, 5) is 44.0. The van der Waals surface area contributed by atoms with Crippen molar-refractivity contribution in [2.75, 3.05) is 6.54 Å². The summed E-state index contributed by atoms with van der Waals surface area (Å²) in [7, 11) is 0. The third kappa shape index (κ3) is 4.31. The van der Waals surface area contributed by atoms with Crippen LogP contribution in [0.2, 0.25) is 0 Å². The first-order valence-corrected chi connectivity index (χ1v) is 11.6. The van der Waals surface area contributed by atoms with Crippen molar-refractivity contribution in [1.29, 1.82) is 0 Å². The molecule has 3 amide bonds. The molecular formula is C23H27N3O3S. The van der Waals surface area contributed by atoms with Crippen molar-refractivity contribution in [3.05, 3.63) is 51.0 Å². The molecule has 1 aromatic carbocycles. The van der Waals surface area contributed by atoms with E-state index in [9.17, 15) is 14.4 Å². The predicted octanol–water partition coefficient (Wildman–Crippen LogP) is 4.13. The molecule has 1 fully saturated rings. The van der Waals surface area contributed by atoms with Crippen LogP contribution in [0.4, 0.5) is 0 Å². The van der Waals surface area contributed by atoms with Gasteiger partial charge in [-0.25, -0.2) is 4.98 Å². The second-order valence-corrected chi connectivity index (χ2v) is 9.07. The lowest BCUT2D eigenvalue weighted by Crippen LogP contribution is -2.40. The first-order chi connectivity index (χ1) is 14.5. The number of rotatable bonds is 7. The molecule has 4 rings (SSSR count). The third-order valence-corrected chi connectivity index (χ3v) is 6.92. The number of thiazole rings is 1. The zero-order valence-electron chi connectivity index (χ0n) is 17.3. The van der Waals surface area contributed by atoms with Crippen LogP contribution in [0.5, 0.6) is 0 Å². The number of aryl methyl sites for hydroxylation is 2. The summed E-state index contributed by atoms with van der Waals surface area (Å²) in [5, 5.41) is 6.09. The molecule has 1 aliphatic carbocycles. The number of amides is 3. The average molecular weight is 426 g/mol. The summed E-state index contributed by atoms with van der Waals surface area (Å²) >= 11 is 1.67. The van der Waals surface area contributed by atoms with Crippen LogP contribution >= 0.6 is 11.3 Å². The van der Waals surface area contributed by atoms with E-state index in [0.717, 1.165) is 62.1 Å². The Hall–Kier alpha value is -2.54. The Morgan fingerprint density at radius 2 is 1.90 bits per heavy atom. The van der Waals surface area contributed by atoms with Crippen LogP contribution in [0, 0.1) is 6.92 Å². The van der Waals surface area contributed by atoms with Crippen LogP contribution in [0.1, 0.15) is 86.7 Å². The third-order valence-electron chi connectivity index (χ3n) is 5.89. The second-order valence-electron chi connectivity index (χ2n) is 8.13. The summed E-state index contributed by atoms with van der Waals surface area (Å²) in [6.07, 6.45) is 7.75. The van der Waals surface area contributed by atoms with E-state index in [1.165, 1.54) is 4.90 Å². The van der Waals surface area contributed by atoms with Crippen LogP contribution in [-0.4, -0.2) is 40.2 Å². The smallest absolute Gasteiger partial charge is 0.261 e. The van der Waals surface area contributed by atoms with Gasteiger partial charge in [0, 0.05) is 29.2 Å². The topological polar surface area (TPSA) is 79.4 Å². The number of fused-ring (bicyclic) bond motifs is 1. The molecule has 0 atom stereocenters. The van der Waals surface area contributed by atoms with Crippen molar-refractivity contribution in [2.24, 2.45) is 0 Å². The van der Waals surface area contributed by atoms with E-state index in [2.05, 4.69) is 10.3 Å². The summed E-state index contributed by atoms with van der Waals surface area (Å²) in [6, 6.07) is 4.83. The number of aromatic nitrogens is 1. The number of carbonyl (C=O) groups excluding carboxylic acids is 3. The van der Waals surface area contributed by atoms with Crippen molar-refractivity contribution in [2.45, 2.75) is 64.3 Å². The minimum Gasteiger partial charge on any atom is -0.352 e. The predicted molar refractivity (Wildman–Crippen MR) is 116 cm³/mol. The Bertz CT molecular complexity index is 962. The number of hydrogen-bond donors (Lipinski definition) is 1. The van der Waals surface area contributed by atoms with Gasteiger partial charge < -0.3 is 5.32 Å². The number of unbranched alkanes of at least 4 members (excludes halogenated alkanes) is 1. The fourth-order valence-corrected chi connectivity index (χ4v) is 5.11. The molecule has 2 aliphatic rings. The summed E-state index contributed by atoms with van der Waals surface area (Å²) in [5.41, 5.74) is 2.25. The second kappa shape index (κ2) is 9.08. The Morgan fingerprint density at radius 1 is 1.13 bits per heavy atom. The van der Waals surface area contributed by atoms with Gasteiger partial charge in [-0.15, -0.1) is 11.3 Å². The van der Waals surface area contributed by atoms with E-state index in [4.69, 9.17) is 0 Å². The van der Waals surface area contributed by atoms with E-state index >= 15 is 0 Å². The minimum absolute atomic E-state index is 0.00921. The highest BCUT2D eigenvalue weighted by Gasteiger charge is 2.40. The molecule has 1 saturated carbocycles. The fourth-order valence-electron chi connectivity index (χ4n) is 4.29. The number of carbonyl (C=O) groups is 3. The molecule has 2 aromatic rings. The van der Waals surface area contributed by atoms with E-state index in [1.807, 2.05) is 12.3 Å². The van der Waals surface area contributed by atoms with Crippen LogP contribution in [0.25, 0.3) is 0 Å². The average Bonchev–Trinajstić information content (AvgIpc) is 3.28. The molecule has 0 unspecified atom stereocenters. The van der Waals surface area contributed by atoms with Crippen molar-refractivity contribution < 1.29 is 14.4 Å². The number of nitrogens with one attached hydrogen (secondary N) is 1. The van der Waals surface area contributed by atoms with Crippen LogP contribution in [-0.2, 0) is 6.42 Å². The maximum Gasteiger partial charge on any atom is 0.261 e. The van der Waals surface area contributed by atoms with Crippen LogP contribution in [0.15, 0.2) is 23.6 Å². The van der Waals surface area contributed by atoms with Gasteiger partial charge in [-0.1, -0.05) is 19.3 Å². The molecule has 1 aliphatic heterocycles. The van der Waals surface area contributed by atoms with E-state index in [-0.39, 0.29) is 23.8 Å². The number of imide groups is 1. The molecular weight excluding hydrogens is 398 g/mol. The Balaban J connectivity index is 1.33. The highest BCUT2D eigenvalue weighted by molar-refractivity contribution is 7.09. The lowest BCUT2D eigenvalue weighted by atomic mass is 9.94. The van der Waals surface area contributed by atoms with Crippen LogP contribution in [0.3, 0.4) is 0 Å². The maximum atomic E-state index is 12.9. The standard InChI is InChI=1S/C23H27N3O3S/c1-15-14-30-20(25-15)9-5-6-12-24-21(27)16-10-11-18-19(13-16)23(29)26(22(18)28)17-7-3-2-4-8-17/h10-11,13-14,17H,2-9,12H2,1H3,(H,24,27). The fraction of sp³-hybridized carbons (Fsp3) is 0.478. The summed E-state index contributed by atoms with van der Waals surface area (Å²) in [5.74, 6) is -0.680. The Kier molecular flexibility index (Phi) is 6.27. The SMILES string of the molecule is Cc1csc(CCCCNC(=O)c2ccc3c(c2)C(=O)N(C2CCCCC2)C3=O)n1. The number of hydrogen-bond acceptors (Lipinski definition) is 5. The summed E-state index contributed by atoms with van der Waals surface area (Å²) < 4.78 is 0. The normalized spacial score (nSPS) is 16.8. The van der Waals surface area contributed by atoms with Gasteiger partial charge in [0.1, 0.15) is 0 Å². The molecule has 158 valence electrons. The molecule has 30 heavy (non-hydrogen) atoms. The van der Waals surface area contributed by atoms with Crippen molar-refractivity contribution in [3.63, 3.8) is 0 Å². The van der Waals surface area contributed by atoms with Gasteiger partial charge in [0.05, 0.1) is 16.1 Å². The number of benzene rings is 1. The highest BCUT2D eigenvalue weighted by atomic mass is 32.1. The van der Waals surface area contributed by atoms with Crippen molar-refractivity contribution in [3.8, 4) is 0 Å². The molecule has 2 heterocycles. The van der Waals surface area contributed by atoms with Crippen LogP contribution < -0.4 is 5.32 Å². The number of nitrogens with zero attached hydrogens (tertiary/aromatic N) is 2. The molecule has 1 aromatic heterocycles. The molecule has 7 heteroatoms. The monoisotopic (exact) mass is 425 g/mol. The zero-order valence-corrected chi connectivity index (χ0v) is 18.1. The molecule has 0 radical (unpaired) electrons. The van der Waals surface area contributed by atoms with Gasteiger partial charge in [-0.2, -0.15) is 0 Å². The Morgan fingerprint density at radius 3 is 2.63 bits per heavy atom. The van der Waals surface area contributed by atoms with E-state index in [1.54, 1.807) is 29.5 Å². The van der Waals surface area contributed by atoms with E-state index < -0.39 is 0 Å². The molecule has 0 bridgehead atoms. The highest BCUT2D eigenvalue weighted by Crippen LogP contribution is 2.31. The zero-order chi connectivity index (χ0) is 21.1. The van der Waals surface area contributed by atoms with Gasteiger partial charge >= 0.3 is 0 Å². The molecule has 1 N–H and O–H groups in total. The maximum absolute atomic E-state index is 12.9. The quantitative estimate of drug-likeness (QED) is 0.534. The molecule has 6 nitrogen and oxygen atoms in total. The molecule has 0 spiro atoms. The lowest BCUT2D eigenvalue weighted by Gasteiger charge is -2.29. The Labute approximate surface area is 180 Å². The van der Waals surface area contributed by atoms with Gasteiger partial charge in [0.15, 0.2) is 0 Å². The van der Waals surface area contributed by atoms with Gasteiger partial charge in [-0.3, -0.25) is 19.3 Å². The van der Waals surface area contributed by atoms with E-state index in [0.29, 0.717) is 23.2 Å². The largest absolute Gasteiger partial charge is 0.352 e. The first-order valence-electron chi connectivity index (χ1n) is 10.8. The lowest BCUT2D eigenvalue weighted by molar-refractivity contribution is 0.0548. The van der Waals surface area contributed by atoms with Gasteiger partial charge in [0.2, 0.25) is 0 Å². The van der Waals surface area contributed by atoms with Gasteiger partial charge in [0.25, 0.3) is 17.7 Å². The minimum atomic E-state index is -0.254. The van der Waals surface area contributed by atoms with Crippen molar-refractivity contribution in [1.82, 2.24) is 15.2 Å². The first kappa shape index (κ1) is 20.7. The van der Waals surface area contributed by atoms with Crippen molar-refractivity contribution >= 4 is 29.1 Å². The molecule has 0 saturated heterocycles. The van der Waals surface area contributed by atoms with Gasteiger partial charge in [-0.05, 0) is 57.2 Å².